The van der Waals surface area contributed by atoms with E-state index in [0.717, 1.165) is 6.07 Å². The SMILES string of the molecule is COc1ccc(C(C)(C)CC(O)(C(=O)Nc2ccc3c(c2)COC3=O)C(F)(F)F)c(F)c1. The molecule has 1 unspecified atom stereocenters. The van der Waals surface area contributed by atoms with E-state index in [0.29, 0.717) is 5.56 Å². The molecule has 1 heterocycles. The monoisotopic (exact) mass is 455 g/mol. The van der Waals surface area contributed by atoms with Gasteiger partial charge >= 0.3 is 12.1 Å². The summed E-state index contributed by atoms with van der Waals surface area (Å²) in [6.07, 6.45) is -6.50. The zero-order valence-electron chi connectivity index (χ0n) is 17.5. The first-order valence-electron chi connectivity index (χ1n) is 9.53. The molecule has 0 fully saturated rings. The van der Waals surface area contributed by atoms with E-state index in [4.69, 9.17) is 9.47 Å². The van der Waals surface area contributed by atoms with Gasteiger partial charge in [0.25, 0.3) is 5.91 Å². The fourth-order valence-electron chi connectivity index (χ4n) is 3.66. The highest BCUT2D eigenvalue weighted by Crippen LogP contribution is 2.43. The average molecular weight is 455 g/mol. The average Bonchev–Trinajstić information content (AvgIpc) is 3.06. The molecule has 0 radical (unpaired) electrons. The van der Waals surface area contributed by atoms with Crippen LogP contribution in [0.15, 0.2) is 36.4 Å². The molecular weight excluding hydrogens is 434 g/mol. The van der Waals surface area contributed by atoms with Crippen LogP contribution < -0.4 is 10.1 Å². The van der Waals surface area contributed by atoms with Crippen LogP contribution in [0.2, 0.25) is 0 Å². The first-order valence-corrected chi connectivity index (χ1v) is 9.53. The van der Waals surface area contributed by atoms with E-state index in [9.17, 15) is 32.3 Å². The van der Waals surface area contributed by atoms with Crippen molar-refractivity contribution in [2.45, 2.75) is 44.1 Å². The van der Waals surface area contributed by atoms with E-state index < -0.39 is 41.3 Å². The second-order valence-electron chi connectivity index (χ2n) is 8.17. The summed E-state index contributed by atoms with van der Waals surface area (Å²) in [4.78, 5) is 24.2. The number of anilines is 1. The summed E-state index contributed by atoms with van der Waals surface area (Å²) >= 11 is 0. The number of benzene rings is 2. The molecule has 3 rings (SSSR count). The van der Waals surface area contributed by atoms with Crippen LogP contribution in [0, 0.1) is 5.82 Å². The summed E-state index contributed by atoms with van der Waals surface area (Å²) in [6.45, 7) is 2.51. The fraction of sp³-hybridized carbons (Fsp3) is 0.364. The van der Waals surface area contributed by atoms with Gasteiger partial charge in [0.15, 0.2) is 0 Å². The molecule has 32 heavy (non-hydrogen) atoms. The molecule has 1 aliphatic rings. The number of hydrogen-bond donors (Lipinski definition) is 2. The van der Waals surface area contributed by atoms with Gasteiger partial charge < -0.3 is 19.9 Å². The molecule has 0 bridgehead atoms. The van der Waals surface area contributed by atoms with E-state index in [1.165, 1.54) is 51.3 Å². The van der Waals surface area contributed by atoms with Gasteiger partial charge in [-0.3, -0.25) is 4.79 Å². The van der Waals surface area contributed by atoms with Gasteiger partial charge in [0, 0.05) is 23.7 Å². The summed E-state index contributed by atoms with van der Waals surface area (Å²) in [6, 6.07) is 7.47. The number of alkyl halides is 3. The Kier molecular flexibility index (Phi) is 5.94. The van der Waals surface area contributed by atoms with Gasteiger partial charge in [0.05, 0.1) is 12.7 Å². The lowest BCUT2D eigenvalue weighted by Gasteiger charge is -2.36. The Bertz CT molecular complexity index is 1070. The first kappa shape index (κ1) is 23.5. The highest BCUT2D eigenvalue weighted by atomic mass is 19.4. The molecule has 2 aromatic carbocycles. The van der Waals surface area contributed by atoms with Crippen molar-refractivity contribution in [1.29, 1.82) is 0 Å². The van der Waals surface area contributed by atoms with E-state index in [1.807, 2.05) is 0 Å². The van der Waals surface area contributed by atoms with Gasteiger partial charge in [-0.05, 0) is 35.2 Å². The summed E-state index contributed by atoms with van der Waals surface area (Å²) in [5.41, 5.74) is -4.95. The molecule has 172 valence electrons. The number of carbonyl (C=O) groups is 2. The van der Waals surface area contributed by atoms with Crippen molar-refractivity contribution < 1.29 is 41.7 Å². The van der Waals surface area contributed by atoms with E-state index in [-0.39, 0.29) is 29.2 Å². The molecule has 2 N–H and O–H groups in total. The smallest absolute Gasteiger partial charge is 0.426 e. The van der Waals surface area contributed by atoms with Crippen LogP contribution in [0.25, 0.3) is 0 Å². The third kappa shape index (κ3) is 4.27. The van der Waals surface area contributed by atoms with Crippen molar-refractivity contribution in [3.63, 3.8) is 0 Å². The Morgan fingerprint density at radius 3 is 2.47 bits per heavy atom. The molecular formula is C22H21F4NO5. The van der Waals surface area contributed by atoms with Crippen LogP contribution in [0.4, 0.5) is 23.2 Å². The van der Waals surface area contributed by atoms with Crippen molar-refractivity contribution in [3.8, 4) is 5.75 Å². The number of methoxy groups -OCH3 is 1. The predicted molar refractivity (Wildman–Crippen MR) is 106 cm³/mol. The van der Waals surface area contributed by atoms with Gasteiger partial charge in [-0.1, -0.05) is 19.9 Å². The van der Waals surface area contributed by atoms with E-state index in [1.54, 1.807) is 0 Å². The summed E-state index contributed by atoms with van der Waals surface area (Å²) in [7, 11) is 1.31. The number of hydrogen-bond acceptors (Lipinski definition) is 5. The molecule has 1 aliphatic heterocycles. The first-order chi connectivity index (χ1) is 14.8. The maximum absolute atomic E-state index is 14.5. The highest BCUT2D eigenvalue weighted by Gasteiger charge is 2.61. The second kappa shape index (κ2) is 8.09. The molecule has 2 aromatic rings. The zero-order chi connectivity index (χ0) is 23.9. The molecule has 6 nitrogen and oxygen atoms in total. The number of rotatable bonds is 6. The lowest BCUT2D eigenvalue weighted by molar-refractivity contribution is -0.254. The number of halogens is 4. The van der Waals surface area contributed by atoms with Crippen molar-refractivity contribution in [2.75, 3.05) is 12.4 Å². The van der Waals surface area contributed by atoms with Crippen LogP contribution in [0.1, 0.15) is 41.8 Å². The largest absolute Gasteiger partial charge is 0.497 e. The van der Waals surface area contributed by atoms with Crippen LogP contribution in [0.3, 0.4) is 0 Å². The highest BCUT2D eigenvalue weighted by molar-refractivity contribution is 5.99. The Balaban J connectivity index is 1.91. The Labute approximate surface area is 181 Å². The normalized spacial score (nSPS) is 15.6. The van der Waals surface area contributed by atoms with Gasteiger partial charge in [-0.15, -0.1) is 0 Å². The summed E-state index contributed by atoms with van der Waals surface area (Å²) in [5.74, 6) is -2.96. The Hall–Kier alpha value is -3.14. The van der Waals surface area contributed by atoms with Gasteiger partial charge in [-0.25, -0.2) is 9.18 Å². The molecule has 0 saturated heterocycles. The second-order valence-corrected chi connectivity index (χ2v) is 8.17. The van der Waals surface area contributed by atoms with Crippen molar-refractivity contribution in [3.05, 3.63) is 58.9 Å². The van der Waals surface area contributed by atoms with Crippen molar-refractivity contribution in [2.24, 2.45) is 0 Å². The number of esters is 1. The molecule has 0 saturated carbocycles. The topological polar surface area (TPSA) is 84.9 Å². The van der Waals surface area contributed by atoms with Crippen LogP contribution in [-0.2, 0) is 21.6 Å². The summed E-state index contributed by atoms with van der Waals surface area (Å²) in [5, 5.41) is 12.6. The molecule has 1 atom stereocenters. The maximum atomic E-state index is 14.5. The van der Waals surface area contributed by atoms with Gasteiger partial charge in [0.1, 0.15) is 18.2 Å². The van der Waals surface area contributed by atoms with E-state index >= 15 is 0 Å². The number of nitrogens with one attached hydrogen (secondary N) is 1. The van der Waals surface area contributed by atoms with Crippen molar-refractivity contribution >= 4 is 17.6 Å². The Morgan fingerprint density at radius 1 is 1.19 bits per heavy atom. The molecule has 10 heteroatoms. The zero-order valence-corrected chi connectivity index (χ0v) is 17.5. The van der Waals surface area contributed by atoms with Gasteiger partial charge in [-0.2, -0.15) is 13.2 Å². The van der Waals surface area contributed by atoms with Crippen molar-refractivity contribution in [1.82, 2.24) is 0 Å². The Morgan fingerprint density at radius 2 is 1.88 bits per heavy atom. The molecule has 0 aliphatic carbocycles. The minimum Gasteiger partial charge on any atom is -0.497 e. The molecule has 0 aromatic heterocycles. The van der Waals surface area contributed by atoms with E-state index in [2.05, 4.69) is 5.32 Å². The van der Waals surface area contributed by atoms with Crippen LogP contribution >= 0.6 is 0 Å². The number of fused-ring (bicyclic) bond motifs is 1. The third-order valence-corrected chi connectivity index (χ3v) is 5.39. The quantitative estimate of drug-likeness (QED) is 0.506. The molecule has 0 spiro atoms. The fourth-order valence-corrected chi connectivity index (χ4v) is 3.66. The number of ether oxygens (including phenoxy) is 2. The maximum Gasteiger partial charge on any atom is 0.426 e. The predicted octanol–water partition coefficient (Wildman–Crippen LogP) is 4.10. The number of carbonyl (C=O) groups excluding carboxylic acids is 2. The minimum absolute atomic E-state index is 0.0526. The molecule has 1 amide bonds. The third-order valence-electron chi connectivity index (χ3n) is 5.39. The summed E-state index contributed by atoms with van der Waals surface area (Å²) < 4.78 is 66.0. The minimum atomic E-state index is -5.35. The standard InChI is InChI=1S/C22H21F4NO5/c1-20(2,16-7-5-14(31-3)9-17(16)23)11-21(30,22(24,25)26)19(29)27-13-4-6-15-12(8-13)10-32-18(15)28/h4-9,30H,10-11H2,1-3H3,(H,27,29). The number of amides is 1. The van der Waals surface area contributed by atoms with Crippen LogP contribution in [-0.4, -0.2) is 35.9 Å². The lowest BCUT2D eigenvalue weighted by Crippen LogP contribution is -2.57. The number of aliphatic hydroxyl groups is 1. The van der Waals surface area contributed by atoms with Gasteiger partial charge in [0.2, 0.25) is 5.60 Å². The van der Waals surface area contributed by atoms with Crippen LogP contribution in [0.5, 0.6) is 5.75 Å². The number of cyclic esters (lactones) is 1. The lowest BCUT2D eigenvalue weighted by atomic mass is 9.74.